The number of aromatic nitrogens is 3. The van der Waals surface area contributed by atoms with Crippen LogP contribution >= 0.6 is 0 Å². The number of nitrogens with one attached hydrogen (secondary N) is 2. The molecular weight excluding hydrogens is 414 g/mol. The topological polar surface area (TPSA) is 78.3 Å². The molecular formula is C25H33N7O. The van der Waals surface area contributed by atoms with Crippen LogP contribution in [0.1, 0.15) is 36.6 Å². The summed E-state index contributed by atoms with van der Waals surface area (Å²) >= 11 is 0. The summed E-state index contributed by atoms with van der Waals surface area (Å²) < 4.78 is 1.71. The number of rotatable bonds is 8. The third-order valence-electron chi connectivity index (χ3n) is 6.21. The highest BCUT2D eigenvalue weighted by atomic mass is 16.2. The van der Waals surface area contributed by atoms with Gasteiger partial charge in [-0.1, -0.05) is 42.5 Å². The average molecular weight is 448 g/mol. The third kappa shape index (κ3) is 6.18. The molecule has 174 valence electrons. The smallest absolute Gasteiger partial charge is 0.315 e. The summed E-state index contributed by atoms with van der Waals surface area (Å²) in [5.74, 6) is 0. The predicted octanol–water partition coefficient (Wildman–Crippen LogP) is 3.01. The van der Waals surface area contributed by atoms with Crippen LogP contribution in [0.3, 0.4) is 0 Å². The van der Waals surface area contributed by atoms with Crippen molar-refractivity contribution in [3.63, 3.8) is 0 Å². The van der Waals surface area contributed by atoms with E-state index in [1.807, 2.05) is 31.2 Å². The van der Waals surface area contributed by atoms with E-state index in [1.165, 1.54) is 11.9 Å². The van der Waals surface area contributed by atoms with Gasteiger partial charge in [0.15, 0.2) is 0 Å². The predicted molar refractivity (Wildman–Crippen MR) is 129 cm³/mol. The van der Waals surface area contributed by atoms with Gasteiger partial charge in [0.1, 0.15) is 12.7 Å². The second-order valence-electron chi connectivity index (χ2n) is 8.63. The van der Waals surface area contributed by atoms with Crippen LogP contribution in [-0.2, 0) is 0 Å². The summed E-state index contributed by atoms with van der Waals surface area (Å²) in [7, 11) is 2.18. The van der Waals surface area contributed by atoms with Gasteiger partial charge in [-0.3, -0.25) is 4.90 Å². The van der Waals surface area contributed by atoms with E-state index in [1.54, 1.807) is 11.0 Å². The SMILES string of the molecule is CC(NC(=O)NCCCN1CCN(C)CC1c1ccccc1)c1ccc(-n2cncn2)cc1. The standard InChI is InChI=1S/C25H33N7O/c1-20(21-9-11-23(12-10-21)32-19-26-18-28-32)29-25(33)27-13-6-14-31-16-15-30(2)17-24(31)22-7-4-3-5-8-22/h3-5,7-12,18-20,24H,6,13-17H2,1-2H3,(H2,27,29,33). The van der Waals surface area contributed by atoms with Crippen molar-refractivity contribution in [2.75, 3.05) is 39.8 Å². The van der Waals surface area contributed by atoms with Gasteiger partial charge in [-0.05, 0) is 43.7 Å². The molecule has 1 saturated heterocycles. The molecule has 1 aromatic heterocycles. The van der Waals surface area contributed by atoms with E-state index in [0.29, 0.717) is 12.6 Å². The second-order valence-corrected chi connectivity index (χ2v) is 8.63. The Labute approximate surface area is 195 Å². The van der Waals surface area contributed by atoms with E-state index in [9.17, 15) is 4.79 Å². The molecule has 0 radical (unpaired) electrons. The molecule has 8 nitrogen and oxygen atoms in total. The van der Waals surface area contributed by atoms with E-state index in [-0.39, 0.29) is 12.1 Å². The summed E-state index contributed by atoms with van der Waals surface area (Å²) in [5.41, 5.74) is 3.33. The van der Waals surface area contributed by atoms with E-state index in [4.69, 9.17) is 0 Å². The number of piperazine rings is 1. The molecule has 2 amide bonds. The molecule has 2 aromatic carbocycles. The molecule has 1 fully saturated rings. The van der Waals surface area contributed by atoms with Crippen LogP contribution in [0.2, 0.25) is 0 Å². The molecule has 0 aliphatic carbocycles. The summed E-state index contributed by atoms with van der Waals surface area (Å²) in [6.45, 7) is 6.75. The molecule has 33 heavy (non-hydrogen) atoms. The van der Waals surface area contributed by atoms with Crippen molar-refractivity contribution < 1.29 is 4.79 Å². The van der Waals surface area contributed by atoms with Gasteiger partial charge in [0.25, 0.3) is 0 Å². The fourth-order valence-corrected chi connectivity index (χ4v) is 4.29. The monoisotopic (exact) mass is 447 g/mol. The van der Waals surface area contributed by atoms with E-state index in [0.717, 1.165) is 43.9 Å². The van der Waals surface area contributed by atoms with Crippen molar-refractivity contribution in [1.82, 2.24) is 35.2 Å². The summed E-state index contributed by atoms with van der Waals surface area (Å²) in [6.07, 6.45) is 4.09. The summed E-state index contributed by atoms with van der Waals surface area (Å²) in [6, 6.07) is 18.8. The molecule has 3 aromatic rings. The molecule has 2 N–H and O–H groups in total. The van der Waals surface area contributed by atoms with Crippen molar-refractivity contribution >= 4 is 6.03 Å². The Morgan fingerprint density at radius 2 is 1.91 bits per heavy atom. The largest absolute Gasteiger partial charge is 0.338 e. The van der Waals surface area contributed by atoms with Crippen molar-refractivity contribution in [2.45, 2.75) is 25.4 Å². The molecule has 2 atom stereocenters. The van der Waals surface area contributed by atoms with Crippen LogP contribution in [0, 0.1) is 0 Å². The Morgan fingerprint density at radius 3 is 2.64 bits per heavy atom. The Kier molecular flexibility index (Phi) is 7.70. The lowest BCUT2D eigenvalue weighted by Crippen LogP contribution is -2.47. The van der Waals surface area contributed by atoms with Crippen LogP contribution in [0.5, 0.6) is 0 Å². The van der Waals surface area contributed by atoms with Gasteiger partial charge in [0.05, 0.1) is 11.7 Å². The minimum absolute atomic E-state index is 0.0881. The average Bonchev–Trinajstić information content (AvgIpc) is 3.38. The number of likely N-dealkylation sites (N-methyl/N-ethyl adjacent to an activating group) is 1. The van der Waals surface area contributed by atoms with Crippen molar-refractivity contribution in [2.24, 2.45) is 0 Å². The normalized spacial score (nSPS) is 18.1. The molecule has 1 aliphatic heterocycles. The third-order valence-corrected chi connectivity index (χ3v) is 6.21. The number of urea groups is 1. The van der Waals surface area contributed by atoms with Crippen LogP contribution in [0.25, 0.3) is 5.69 Å². The van der Waals surface area contributed by atoms with Gasteiger partial charge in [-0.15, -0.1) is 0 Å². The number of carbonyl (C=O) groups excluding carboxylic acids is 1. The molecule has 0 saturated carbocycles. The second kappa shape index (κ2) is 11.1. The van der Waals surface area contributed by atoms with Crippen LogP contribution in [0.15, 0.2) is 67.3 Å². The highest BCUT2D eigenvalue weighted by Gasteiger charge is 2.25. The minimum Gasteiger partial charge on any atom is -0.338 e. The Hall–Kier alpha value is -3.23. The maximum Gasteiger partial charge on any atom is 0.315 e. The van der Waals surface area contributed by atoms with Crippen molar-refractivity contribution in [1.29, 1.82) is 0 Å². The first kappa shape index (κ1) is 22.9. The zero-order valence-corrected chi connectivity index (χ0v) is 19.4. The highest BCUT2D eigenvalue weighted by Crippen LogP contribution is 2.24. The molecule has 1 aliphatic rings. The van der Waals surface area contributed by atoms with Crippen LogP contribution in [-0.4, -0.2) is 70.4 Å². The van der Waals surface area contributed by atoms with Crippen LogP contribution < -0.4 is 10.6 Å². The first-order chi connectivity index (χ1) is 16.1. The number of hydrogen-bond donors (Lipinski definition) is 2. The number of hydrogen-bond acceptors (Lipinski definition) is 5. The van der Waals surface area contributed by atoms with Gasteiger partial charge in [-0.2, -0.15) is 5.10 Å². The fraction of sp³-hybridized carbons (Fsp3) is 0.400. The summed E-state index contributed by atoms with van der Waals surface area (Å²) in [5, 5.41) is 10.2. The van der Waals surface area contributed by atoms with Crippen molar-refractivity contribution in [3.8, 4) is 5.69 Å². The lowest BCUT2D eigenvalue weighted by Gasteiger charge is -2.40. The molecule has 8 heteroatoms. The lowest BCUT2D eigenvalue weighted by atomic mass is 10.0. The zero-order chi connectivity index (χ0) is 23.0. The van der Waals surface area contributed by atoms with Gasteiger partial charge in [0.2, 0.25) is 0 Å². The molecule has 4 rings (SSSR count). The first-order valence-corrected chi connectivity index (χ1v) is 11.6. The quantitative estimate of drug-likeness (QED) is 0.519. The van der Waals surface area contributed by atoms with Crippen molar-refractivity contribution in [3.05, 3.63) is 78.4 Å². The molecule has 0 spiro atoms. The van der Waals surface area contributed by atoms with Gasteiger partial charge < -0.3 is 15.5 Å². The number of benzene rings is 2. The number of amides is 2. The first-order valence-electron chi connectivity index (χ1n) is 11.6. The zero-order valence-electron chi connectivity index (χ0n) is 19.4. The Balaban J connectivity index is 1.21. The Morgan fingerprint density at radius 1 is 1.12 bits per heavy atom. The fourth-order valence-electron chi connectivity index (χ4n) is 4.29. The number of carbonyl (C=O) groups is 1. The van der Waals surface area contributed by atoms with Gasteiger partial charge in [-0.25, -0.2) is 14.5 Å². The number of nitrogens with zero attached hydrogens (tertiary/aromatic N) is 5. The maximum atomic E-state index is 12.4. The minimum atomic E-state index is -0.138. The highest BCUT2D eigenvalue weighted by molar-refractivity contribution is 5.74. The maximum absolute atomic E-state index is 12.4. The molecule has 0 bridgehead atoms. The Bertz CT molecular complexity index is 991. The lowest BCUT2D eigenvalue weighted by molar-refractivity contribution is 0.0889. The van der Waals surface area contributed by atoms with E-state index < -0.39 is 0 Å². The summed E-state index contributed by atoms with van der Waals surface area (Å²) in [4.78, 5) is 21.3. The van der Waals surface area contributed by atoms with Gasteiger partial charge >= 0.3 is 6.03 Å². The molecule has 2 heterocycles. The van der Waals surface area contributed by atoms with Gasteiger partial charge in [0, 0.05) is 38.8 Å². The van der Waals surface area contributed by atoms with Crippen LogP contribution in [0.4, 0.5) is 4.79 Å². The van der Waals surface area contributed by atoms with E-state index >= 15 is 0 Å². The van der Waals surface area contributed by atoms with E-state index in [2.05, 4.69) is 67.9 Å². The molecule has 2 unspecified atom stereocenters.